The zero-order valence-corrected chi connectivity index (χ0v) is 9.89. The molecule has 0 spiro atoms. The van der Waals surface area contributed by atoms with E-state index in [1.165, 1.54) is 77.0 Å². The summed E-state index contributed by atoms with van der Waals surface area (Å²) in [5.41, 5.74) is 0. The predicted octanol–water partition coefficient (Wildman–Crippen LogP) is 4.58. The smallest absolute Gasteiger partial charge is 0.222 e. The fourth-order valence-electron chi connectivity index (χ4n) is 2.12. The Morgan fingerprint density at radius 1 is 0.533 bits per heavy atom. The maximum Gasteiger partial charge on any atom is 0.231 e. The summed E-state index contributed by atoms with van der Waals surface area (Å²) in [5.74, 6) is 0. The average Bonchev–Trinajstić information content (AvgIpc) is 2.19. The Morgan fingerprint density at radius 3 is 0.667 bits per heavy atom. The predicted molar refractivity (Wildman–Crippen MR) is 63.8 cm³/mol. The molecule has 2 heteroatoms. The van der Waals surface area contributed by atoms with E-state index >= 15 is 0 Å². The van der Waals surface area contributed by atoms with Crippen molar-refractivity contribution in [2.75, 3.05) is 0 Å². The summed E-state index contributed by atoms with van der Waals surface area (Å²) >= 11 is 0. The SMILES string of the molecule is C1CCCCCCCCCCC1.N=C=O. The van der Waals surface area contributed by atoms with E-state index in [-0.39, 0.29) is 0 Å². The van der Waals surface area contributed by atoms with Gasteiger partial charge in [-0.15, -0.1) is 0 Å². The third kappa shape index (κ3) is 13.4. The van der Waals surface area contributed by atoms with Crippen molar-refractivity contribution < 1.29 is 4.79 Å². The first-order valence-corrected chi connectivity index (χ1v) is 6.45. The second-order valence-corrected chi connectivity index (χ2v) is 4.34. The summed E-state index contributed by atoms with van der Waals surface area (Å²) in [7, 11) is 0. The molecule has 0 unspecified atom stereocenters. The highest BCUT2D eigenvalue weighted by molar-refractivity contribution is 5.26. The lowest BCUT2D eigenvalue weighted by Gasteiger charge is -2.05. The number of nitrogens with one attached hydrogen (secondary N) is 1. The van der Waals surface area contributed by atoms with E-state index in [0.717, 1.165) is 6.08 Å². The topological polar surface area (TPSA) is 40.9 Å². The molecule has 1 aliphatic carbocycles. The molecule has 0 radical (unpaired) electrons. The summed E-state index contributed by atoms with van der Waals surface area (Å²) in [5, 5.41) is 5.40. The minimum atomic E-state index is 0.750. The first kappa shape index (κ1) is 14.4. The van der Waals surface area contributed by atoms with Crippen molar-refractivity contribution in [1.82, 2.24) is 0 Å². The lowest BCUT2D eigenvalue weighted by molar-refractivity contribution is 0.504. The van der Waals surface area contributed by atoms with Crippen LogP contribution in [0, 0.1) is 5.41 Å². The number of rotatable bonds is 0. The van der Waals surface area contributed by atoms with E-state index in [0.29, 0.717) is 0 Å². The van der Waals surface area contributed by atoms with Crippen molar-refractivity contribution in [3.63, 3.8) is 0 Å². The lowest BCUT2D eigenvalue weighted by atomic mass is 10.0. The Hall–Kier alpha value is -0.620. The van der Waals surface area contributed by atoms with Gasteiger partial charge in [0.1, 0.15) is 0 Å². The van der Waals surface area contributed by atoms with E-state index < -0.39 is 0 Å². The zero-order chi connectivity index (χ0) is 11.2. The fraction of sp³-hybridized carbons (Fsp3) is 0.923. The van der Waals surface area contributed by atoms with Crippen LogP contribution in [0.3, 0.4) is 0 Å². The molecule has 1 N–H and O–H groups in total. The summed E-state index contributed by atoms with van der Waals surface area (Å²) in [6, 6.07) is 0. The highest BCUT2D eigenvalue weighted by Gasteiger charge is 1.96. The van der Waals surface area contributed by atoms with E-state index in [4.69, 9.17) is 10.2 Å². The Kier molecular flexibility index (Phi) is 12.8. The molecule has 0 aromatic carbocycles. The van der Waals surface area contributed by atoms with Crippen LogP contribution in [-0.2, 0) is 4.79 Å². The van der Waals surface area contributed by atoms with Crippen LogP contribution in [-0.4, -0.2) is 6.08 Å². The van der Waals surface area contributed by atoms with Gasteiger partial charge in [-0.25, -0.2) is 10.2 Å². The van der Waals surface area contributed by atoms with E-state index in [2.05, 4.69) is 0 Å². The quantitative estimate of drug-likeness (QED) is 0.462. The molecule has 0 amide bonds. The number of hydrogen-bond donors (Lipinski definition) is 1. The van der Waals surface area contributed by atoms with Gasteiger partial charge in [-0.1, -0.05) is 77.0 Å². The normalized spacial score (nSPS) is 19.7. The minimum Gasteiger partial charge on any atom is -0.222 e. The number of isocyanates is 1. The molecule has 1 aliphatic rings. The Labute approximate surface area is 94.0 Å². The van der Waals surface area contributed by atoms with Gasteiger partial charge in [0.2, 0.25) is 6.08 Å². The van der Waals surface area contributed by atoms with Gasteiger partial charge in [0.15, 0.2) is 0 Å². The molecule has 1 saturated carbocycles. The third-order valence-electron chi connectivity index (χ3n) is 3.00. The van der Waals surface area contributed by atoms with Crippen LogP contribution in [0.2, 0.25) is 0 Å². The van der Waals surface area contributed by atoms with Crippen molar-refractivity contribution in [2.24, 2.45) is 0 Å². The number of hydrogen-bond acceptors (Lipinski definition) is 2. The molecular formula is C13H25NO. The van der Waals surface area contributed by atoms with Crippen LogP contribution >= 0.6 is 0 Å². The van der Waals surface area contributed by atoms with Gasteiger partial charge in [-0.05, 0) is 0 Å². The largest absolute Gasteiger partial charge is 0.231 e. The lowest BCUT2D eigenvalue weighted by Crippen LogP contribution is -1.85. The molecular weight excluding hydrogens is 186 g/mol. The molecule has 0 aromatic heterocycles. The molecule has 1 rings (SSSR count). The van der Waals surface area contributed by atoms with Gasteiger partial charge in [-0.3, -0.25) is 0 Å². The van der Waals surface area contributed by atoms with Gasteiger partial charge < -0.3 is 0 Å². The van der Waals surface area contributed by atoms with Gasteiger partial charge in [0.05, 0.1) is 0 Å². The van der Waals surface area contributed by atoms with E-state index in [1.54, 1.807) is 0 Å². The van der Waals surface area contributed by atoms with Crippen LogP contribution in [0.4, 0.5) is 0 Å². The molecule has 0 heterocycles. The van der Waals surface area contributed by atoms with E-state index in [9.17, 15) is 0 Å². The first-order chi connectivity index (χ1) is 7.41. The van der Waals surface area contributed by atoms with Gasteiger partial charge >= 0.3 is 0 Å². The molecule has 2 nitrogen and oxygen atoms in total. The molecule has 0 saturated heterocycles. The van der Waals surface area contributed by atoms with Crippen LogP contribution in [0.1, 0.15) is 77.0 Å². The van der Waals surface area contributed by atoms with E-state index in [1.807, 2.05) is 0 Å². The summed E-state index contributed by atoms with van der Waals surface area (Å²) in [4.78, 5) is 8.35. The molecule has 0 aromatic rings. The molecule has 0 bridgehead atoms. The maximum atomic E-state index is 8.35. The molecule has 1 fully saturated rings. The minimum absolute atomic E-state index is 0.750. The Bertz CT molecular complexity index is 108. The molecule has 0 aliphatic heterocycles. The van der Waals surface area contributed by atoms with Crippen LogP contribution in [0.25, 0.3) is 0 Å². The van der Waals surface area contributed by atoms with Crippen molar-refractivity contribution >= 4 is 6.08 Å². The van der Waals surface area contributed by atoms with Crippen LogP contribution in [0.5, 0.6) is 0 Å². The molecule has 88 valence electrons. The van der Waals surface area contributed by atoms with Crippen molar-refractivity contribution in [3.05, 3.63) is 0 Å². The molecule has 0 atom stereocenters. The van der Waals surface area contributed by atoms with Crippen LogP contribution < -0.4 is 0 Å². The second kappa shape index (κ2) is 13.4. The first-order valence-electron chi connectivity index (χ1n) is 6.45. The van der Waals surface area contributed by atoms with Gasteiger partial charge in [0.25, 0.3) is 0 Å². The summed E-state index contributed by atoms with van der Waals surface area (Å²) < 4.78 is 0. The number of carbonyl (C=O) groups excluding carboxylic acids is 1. The maximum absolute atomic E-state index is 8.35. The van der Waals surface area contributed by atoms with Crippen molar-refractivity contribution in [1.29, 1.82) is 5.41 Å². The van der Waals surface area contributed by atoms with Crippen molar-refractivity contribution in [3.8, 4) is 0 Å². The standard InChI is InChI=1S/C12H24.CHNO/c1-2-4-6-8-10-12-11-9-7-5-3-1;2-1-3/h1-12H2;2H. The average molecular weight is 211 g/mol. The highest BCUT2D eigenvalue weighted by atomic mass is 16.1. The Balaban J connectivity index is 0.000000583. The monoisotopic (exact) mass is 211 g/mol. The second-order valence-electron chi connectivity index (χ2n) is 4.34. The highest BCUT2D eigenvalue weighted by Crippen LogP contribution is 2.15. The zero-order valence-electron chi connectivity index (χ0n) is 9.89. The Morgan fingerprint density at radius 2 is 0.600 bits per heavy atom. The fourth-order valence-corrected chi connectivity index (χ4v) is 2.12. The van der Waals surface area contributed by atoms with Gasteiger partial charge in [0, 0.05) is 0 Å². The third-order valence-corrected chi connectivity index (χ3v) is 3.00. The van der Waals surface area contributed by atoms with Gasteiger partial charge in [-0.2, -0.15) is 0 Å². The van der Waals surface area contributed by atoms with Crippen LogP contribution in [0.15, 0.2) is 0 Å². The van der Waals surface area contributed by atoms with Crippen molar-refractivity contribution in [2.45, 2.75) is 77.0 Å². The summed E-state index contributed by atoms with van der Waals surface area (Å²) in [6.07, 6.45) is 18.8. The molecule has 15 heavy (non-hydrogen) atoms. The summed E-state index contributed by atoms with van der Waals surface area (Å²) in [6.45, 7) is 0.